The van der Waals surface area contributed by atoms with E-state index >= 15 is 0 Å². The first-order valence-corrected chi connectivity index (χ1v) is 11.1. The number of aromatic nitrogens is 3. The lowest BCUT2D eigenvalue weighted by Gasteiger charge is -2.36. The molecule has 0 bridgehead atoms. The molecule has 2 saturated heterocycles. The van der Waals surface area contributed by atoms with Crippen LogP contribution >= 0.6 is 0 Å². The lowest BCUT2D eigenvalue weighted by atomic mass is 10.1. The SMILES string of the molecule is Cc1noc(C)c1CN1CCO[C@H]2CN(Cc3cncn3C)C[C@H]21.O=C(O)C(F)(F)F.O=C(O)C(F)(F)F. The summed E-state index contributed by atoms with van der Waals surface area (Å²) in [6.07, 6.45) is -6.07. The summed E-state index contributed by atoms with van der Waals surface area (Å²) in [6, 6.07) is 0.431. The van der Waals surface area contributed by atoms with E-state index < -0.39 is 24.3 Å². The summed E-state index contributed by atoms with van der Waals surface area (Å²) in [5, 5.41) is 18.3. The topological polar surface area (TPSA) is 134 Å². The van der Waals surface area contributed by atoms with Gasteiger partial charge in [0.05, 0.1) is 36.5 Å². The van der Waals surface area contributed by atoms with Gasteiger partial charge >= 0.3 is 24.3 Å². The van der Waals surface area contributed by atoms with Crippen LogP contribution in [0.4, 0.5) is 26.3 Å². The van der Waals surface area contributed by atoms with Crippen LogP contribution in [0.5, 0.6) is 0 Å². The number of alkyl halides is 6. The number of hydrogen-bond acceptors (Lipinski definition) is 8. The highest BCUT2D eigenvalue weighted by Gasteiger charge is 2.41. The van der Waals surface area contributed by atoms with Crippen molar-refractivity contribution < 1.29 is 55.4 Å². The normalized spacial score (nSPS) is 20.1. The van der Waals surface area contributed by atoms with Crippen LogP contribution in [0.3, 0.4) is 0 Å². The zero-order valence-electron chi connectivity index (χ0n) is 20.6. The maximum Gasteiger partial charge on any atom is 0.490 e. The van der Waals surface area contributed by atoms with Gasteiger partial charge in [-0.2, -0.15) is 26.3 Å². The van der Waals surface area contributed by atoms with Crippen LogP contribution in [0.25, 0.3) is 0 Å². The second-order valence-corrected chi connectivity index (χ2v) is 8.55. The molecule has 2 N–H and O–H groups in total. The van der Waals surface area contributed by atoms with Gasteiger partial charge < -0.3 is 24.0 Å². The molecule has 2 atom stereocenters. The third-order valence-corrected chi connectivity index (χ3v) is 5.82. The summed E-state index contributed by atoms with van der Waals surface area (Å²) in [5.74, 6) is -4.58. The largest absolute Gasteiger partial charge is 0.490 e. The molecule has 2 fully saturated rings. The van der Waals surface area contributed by atoms with Gasteiger partial charge in [-0.15, -0.1) is 0 Å². The van der Waals surface area contributed by atoms with E-state index in [1.54, 1.807) is 0 Å². The van der Waals surface area contributed by atoms with Crippen LogP contribution in [-0.4, -0.2) is 97.4 Å². The van der Waals surface area contributed by atoms with E-state index in [-0.39, 0.29) is 6.10 Å². The lowest BCUT2D eigenvalue weighted by Crippen LogP contribution is -2.50. The van der Waals surface area contributed by atoms with Gasteiger partial charge in [-0.05, 0) is 13.8 Å². The number of morpholine rings is 1. The lowest BCUT2D eigenvalue weighted by molar-refractivity contribution is -0.193. The van der Waals surface area contributed by atoms with Crippen molar-refractivity contribution in [1.29, 1.82) is 0 Å². The Hall–Kier alpha value is -3.18. The van der Waals surface area contributed by atoms with Crippen molar-refractivity contribution in [3.05, 3.63) is 35.2 Å². The molecular formula is C21H27F6N5O6. The number of imidazole rings is 1. The predicted octanol–water partition coefficient (Wildman–Crippen LogP) is 2.38. The standard InChI is InChI=1S/C17H25N5O2.2C2HF3O2/c1-12-15(13(2)24-19-12)8-22-4-5-23-17-10-21(9-16(17)22)7-14-6-18-11-20(14)3;2*3-2(4,5)1(6)7/h6,11,16-17H,4-5,7-10H2,1-3H3;2*(H,6,7)/t16-,17+;;/m1../s1. The third kappa shape index (κ3) is 8.70. The van der Waals surface area contributed by atoms with Crippen LogP contribution in [-0.2, 0) is 34.5 Å². The number of aliphatic carboxylic acids is 2. The van der Waals surface area contributed by atoms with Crippen molar-refractivity contribution >= 4 is 11.9 Å². The van der Waals surface area contributed by atoms with Crippen LogP contribution in [0.2, 0.25) is 0 Å². The molecule has 2 aliphatic rings. The van der Waals surface area contributed by atoms with E-state index in [0.717, 1.165) is 50.8 Å². The van der Waals surface area contributed by atoms with E-state index in [0.29, 0.717) is 6.04 Å². The average molecular weight is 559 g/mol. The average Bonchev–Trinajstić information content (AvgIpc) is 3.49. The van der Waals surface area contributed by atoms with Crippen molar-refractivity contribution in [1.82, 2.24) is 24.5 Å². The summed E-state index contributed by atoms with van der Waals surface area (Å²) in [5.41, 5.74) is 3.46. The maximum atomic E-state index is 10.6. The second kappa shape index (κ2) is 12.6. The fourth-order valence-corrected chi connectivity index (χ4v) is 3.86. The molecule has 4 heterocycles. The molecule has 0 spiro atoms. The number of hydrogen-bond donors (Lipinski definition) is 2. The van der Waals surface area contributed by atoms with Gasteiger partial charge in [-0.25, -0.2) is 14.6 Å². The van der Waals surface area contributed by atoms with Gasteiger partial charge in [-0.1, -0.05) is 5.16 Å². The Labute approximate surface area is 212 Å². The van der Waals surface area contributed by atoms with E-state index in [4.69, 9.17) is 29.1 Å². The number of fused-ring (bicyclic) bond motifs is 1. The number of carboxylic acids is 2. The van der Waals surface area contributed by atoms with Crippen LogP contribution in [0, 0.1) is 13.8 Å². The summed E-state index contributed by atoms with van der Waals surface area (Å²) in [6.45, 7) is 9.60. The van der Waals surface area contributed by atoms with Crippen LogP contribution in [0.15, 0.2) is 17.0 Å². The minimum Gasteiger partial charge on any atom is -0.475 e. The molecule has 4 rings (SSSR count). The third-order valence-electron chi connectivity index (χ3n) is 5.82. The molecule has 0 radical (unpaired) electrons. The first-order chi connectivity index (χ1) is 17.5. The molecule has 11 nitrogen and oxygen atoms in total. The zero-order valence-corrected chi connectivity index (χ0v) is 20.6. The number of nitrogens with zero attached hydrogens (tertiary/aromatic N) is 5. The summed E-state index contributed by atoms with van der Waals surface area (Å²) < 4.78 is 76.9. The second-order valence-electron chi connectivity index (χ2n) is 8.55. The summed E-state index contributed by atoms with van der Waals surface area (Å²) in [4.78, 5) is 27.0. The Bertz CT molecular complexity index is 1040. The maximum absolute atomic E-state index is 10.6. The number of ether oxygens (including phenoxy) is 1. The molecule has 0 amide bonds. The molecule has 0 aliphatic carbocycles. The molecular weight excluding hydrogens is 532 g/mol. The van der Waals surface area contributed by atoms with Gasteiger partial charge in [0.25, 0.3) is 0 Å². The fraction of sp³-hybridized carbons (Fsp3) is 0.619. The van der Waals surface area contributed by atoms with Crippen LogP contribution < -0.4 is 0 Å². The highest BCUT2D eigenvalue weighted by atomic mass is 19.4. The smallest absolute Gasteiger partial charge is 0.475 e. The van der Waals surface area contributed by atoms with E-state index in [1.165, 1.54) is 11.3 Å². The van der Waals surface area contributed by atoms with Gasteiger partial charge in [0, 0.05) is 51.5 Å². The predicted molar refractivity (Wildman–Crippen MR) is 116 cm³/mol. The Morgan fingerprint density at radius 1 is 1.05 bits per heavy atom. The molecule has 214 valence electrons. The first-order valence-electron chi connectivity index (χ1n) is 11.1. The van der Waals surface area contributed by atoms with Crippen LogP contribution in [0.1, 0.15) is 22.7 Å². The number of halogens is 6. The monoisotopic (exact) mass is 559 g/mol. The quantitative estimate of drug-likeness (QED) is 0.538. The Morgan fingerprint density at radius 3 is 2.08 bits per heavy atom. The number of carbonyl (C=O) groups is 2. The van der Waals surface area contributed by atoms with E-state index in [2.05, 4.69) is 24.5 Å². The molecule has 0 aromatic carbocycles. The minimum absolute atomic E-state index is 0.285. The molecule has 0 unspecified atom stereocenters. The minimum atomic E-state index is -5.08. The number of rotatable bonds is 4. The van der Waals surface area contributed by atoms with Gasteiger partial charge in [0.1, 0.15) is 5.76 Å². The van der Waals surface area contributed by atoms with Crippen molar-refractivity contribution in [2.24, 2.45) is 7.05 Å². The van der Waals surface area contributed by atoms with Gasteiger partial charge in [0.15, 0.2) is 0 Å². The van der Waals surface area contributed by atoms with E-state index in [9.17, 15) is 26.3 Å². The van der Waals surface area contributed by atoms with Gasteiger partial charge in [-0.3, -0.25) is 9.80 Å². The van der Waals surface area contributed by atoms with Crippen molar-refractivity contribution in [3.8, 4) is 0 Å². The highest BCUT2D eigenvalue weighted by Crippen LogP contribution is 2.27. The Morgan fingerprint density at radius 2 is 1.63 bits per heavy atom. The van der Waals surface area contributed by atoms with Crippen molar-refractivity contribution in [2.45, 2.75) is 51.4 Å². The Balaban J connectivity index is 0.000000301. The fourth-order valence-electron chi connectivity index (χ4n) is 3.86. The van der Waals surface area contributed by atoms with Crippen molar-refractivity contribution in [2.75, 3.05) is 26.2 Å². The molecule has 2 aromatic heterocycles. The highest BCUT2D eigenvalue weighted by molar-refractivity contribution is 5.73. The molecule has 2 aromatic rings. The van der Waals surface area contributed by atoms with E-state index in [1.807, 2.05) is 33.4 Å². The van der Waals surface area contributed by atoms with Gasteiger partial charge in [0.2, 0.25) is 0 Å². The molecule has 2 aliphatic heterocycles. The first kappa shape index (κ1) is 31.0. The number of aryl methyl sites for hydroxylation is 3. The zero-order chi connectivity index (χ0) is 28.8. The Kier molecular flexibility index (Phi) is 10.3. The molecule has 38 heavy (non-hydrogen) atoms. The van der Waals surface area contributed by atoms with Crippen molar-refractivity contribution in [3.63, 3.8) is 0 Å². The molecule has 0 saturated carbocycles. The number of likely N-dealkylation sites (tertiary alicyclic amines) is 1. The molecule has 17 heteroatoms. The summed E-state index contributed by atoms with van der Waals surface area (Å²) in [7, 11) is 2.05. The number of carboxylic acid groups (broad SMARTS) is 2. The summed E-state index contributed by atoms with van der Waals surface area (Å²) >= 11 is 0.